The molecule has 100 valence electrons. The van der Waals surface area contributed by atoms with E-state index in [1.54, 1.807) is 7.11 Å². The zero-order chi connectivity index (χ0) is 13.4. The molecule has 0 bridgehead atoms. The number of aromatic carboxylic acids is 1. The van der Waals surface area contributed by atoms with Gasteiger partial charge in [-0.2, -0.15) is 0 Å². The first kappa shape index (κ1) is 14.2. The Bertz CT molecular complexity index is 396. The molecule has 6 heteroatoms. The summed E-state index contributed by atoms with van der Waals surface area (Å²) >= 11 is 0. The van der Waals surface area contributed by atoms with Gasteiger partial charge < -0.3 is 20.9 Å². The number of aromatic nitrogens is 1. The summed E-state index contributed by atoms with van der Waals surface area (Å²) in [6.45, 7) is 1.53. The number of nitrogens with zero attached hydrogens (tertiary/aromatic N) is 1. The van der Waals surface area contributed by atoms with Crippen LogP contribution in [0.15, 0.2) is 12.3 Å². The minimum absolute atomic E-state index is 0.0955. The second kappa shape index (κ2) is 7.50. The van der Waals surface area contributed by atoms with Crippen molar-refractivity contribution in [2.24, 2.45) is 0 Å². The molecule has 6 nitrogen and oxygen atoms in total. The van der Waals surface area contributed by atoms with Gasteiger partial charge in [-0.05, 0) is 25.3 Å². The van der Waals surface area contributed by atoms with Gasteiger partial charge >= 0.3 is 5.97 Å². The summed E-state index contributed by atoms with van der Waals surface area (Å²) in [5.74, 6) is -0.493. The zero-order valence-electron chi connectivity index (χ0n) is 10.5. The third-order valence-electron chi connectivity index (χ3n) is 2.48. The number of hydrogen-bond acceptors (Lipinski definition) is 5. The number of hydrogen-bond donors (Lipinski definition) is 3. The molecule has 0 unspecified atom stereocenters. The summed E-state index contributed by atoms with van der Waals surface area (Å²) in [5, 5.41) is 11.9. The van der Waals surface area contributed by atoms with Gasteiger partial charge in [-0.15, -0.1) is 0 Å². The number of ether oxygens (including phenoxy) is 1. The Kier molecular flexibility index (Phi) is 5.93. The molecule has 1 aromatic rings. The summed E-state index contributed by atoms with van der Waals surface area (Å²) < 4.78 is 4.95. The van der Waals surface area contributed by atoms with Crippen LogP contribution in [-0.4, -0.2) is 36.3 Å². The van der Waals surface area contributed by atoms with Gasteiger partial charge in [-0.3, -0.25) is 0 Å². The first-order valence-electron chi connectivity index (χ1n) is 5.86. The molecule has 1 rings (SSSR count). The lowest BCUT2D eigenvalue weighted by molar-refractivity contribution is 0.0696. The van der Waals surface area contributed by atoms with E-state index in [1.165, 1.54) is 12.3 Å². The number of carboxylic acid groups (broad SMARTS) is 1. The second-order valence-corrected chi connectivity index (χ2v) is 3.95. The van der Waals surface area contributed by atoms with Gasteiger partial charge in [0.05, 0.1) is 11.3 Å². The number of rotatable bonds is 8. The van der Waals surface area contributed by atoms with Crippen LogP contribution in [0.5, 0.6) is 0 Å². The van der Waals surface area contributed by atoms with Gasteiger partial charge in [0.1, 0.15) is 5.82 Å². The fourth-order valence-electron chi connectivity index (χ4n) is 1.50. The molecule has 4 N–H and O–H groups in total. The number of carbonyl (C=O) groups is 1. The first-order valence-corrected chi connectivity index (χ1v) is 5.86. The Hall–Kier alpha value is -1.82. The number of methoxy groups -OCH3 is 1. The lowest BCUT2D eigenvalue weighted by Crippen LogP contribution is -2.08. The maximum absolute atomic E-state index is 10.7. The average molecular weight is 253 g/mol. The van der Waals surface area contributed by atoms with E-state index in [-0.39, 0.29) is 5.56 Å². The van der Waals surface area contributed by atoms with Crippen molar-refractivity contribution in [3.63, 3.8) is 0 Å². The van der Waals surface area contributed by atoms with E-state index in [9.17, 15) is 4.79 Å². The monoisotopic (exact) mass is 253 g/mol. The second-order valence-electron chi connectivity index (χ2n) is 3.95. The molecule has 0 radical (unpaired) electrons. The van der Waals surface area contributed by atoms with Gasteiger partial charge in [0, 0.05) is 26.5 Å². The van der Waals surface area contributed by atoms with Crippen LogP contribution in [0.4, 0.5) is 11.5 Å². The molecule has 1 heterocycles. The summed E-state index contributed by atoms with van der Waals surface area (Å²) in [7, 11) is 1.69. The molecule has 0 aliphatic heterocycles. The van der Waals surface area contributed by atoms with Crippen molar-refractivity contribution in [3.05, 3.63) is 17.8 Å². The van der Waals surface area contributed by atoms with E-state index in [2.05, 4.69) is 10.3 Å². The summed E-state index contributed by atoms with van der Waals surface area (Å²) in [6, 6.07) is 1.41. The van der Waals surface area contributed by atoms with E-state index in [0.29, 0.717) is 11.5 Å². The van der Waals surface area contributed by atoms with Crippen LogP contribution in [0, 0.1) is 0 Å². The van der Waals surface area contributed by atoms with E-state index < -0.39 is 5.97 Å². The fraction of sp³-hybridized carbons (Fsp3) is 0.500. The minimum atomic E-state index is -1.03. The smallest absolute Gasteiger partial charge is 0.337 e. The standard InChI is InChI=1S/C12H19N3O3/c1-18-6-4-2-3-5-14-11-10(13)7-9(8-15-11)12(16)17/h7-8H,2-6,13H2,1H3,(H,14,15)(H,16,17). The molecule has 18 heavy (non-hydrogen) atoms. The van der Waals surface area contributed by atoms with Crippen LogP contribution < -0.4 is 11.1 Å². The summed E-state index contributed by atoms with van der Waals surface area (Å²) in [4.78, 5) is 14.7. The number of carboxylic acids is 1. The van der Waals surface area contributed by atoms with Crippen LogP contribution in [-0.2, 0) is 4.74 Å². The molecule has 0 aromatic carbocycles. The topological polar surface area (TPSA) is 97.5 Å². The maximum atomic E-state index is 10.7. The van der Waals surface area contributed by atoms with Crippen LogP contribution in [0.1, 0.15) is 29.6 Å². The van der Waals surface area contributed by atoms with Gasteiger partial charge in [0.2, 0.25) is 0 Å². The number of nitrogen functional groups attached to an aromatic ring is 1. The lowest BCUT2D eigenvalue weighted by atomic mass is 10.2. The number of nitrogens with one attached hydrogen (secondary N) is 1. The number of pyridine rings is 1. The average Bonchev–Trinajstić information content (AvgIpc) is 2.35. The summed E-state index contributed by atoms with van der Waals surface area (Å²) in [6.07, 6.45) is 4.38. The predicted octanol–water partition coefficient (Wildman–Crippen LogP) is 1.59. The van der Waals surface area contributed by atoms with Crippen molar-refractivity contribution in [1.29, 1.82) is 0 Å². The summed E-state index contributed by atoms with van der Waals surface area (Å²) in [5.41, 5.74) is 6.16. The lowest BCUT2D eigenvalue weighted by Gasteiger charge is -2.08. The van der Waals surface area contributed by atoms with E-state index in [1.807, 2.05) is 0 Å². The zero-order valence-corrected chi connectivity index (χ0v) is 10.5. The fourth-order valence-corrected chi connectivity index (χ4v) is 1.50. The quantitative estimate of drug-likeness (QED) is 0.609. The largest absolute Gasteiger partial charge is 0.478 e. The number of nitrogens with two attached hydrogens (primary N) is 1. The third-order valence-corrected chi connectivity index (χ3v) is 2.48. The number of anilines is 2. The molecular formula is C12H19N3O3. The van der Waals surface area contributed by atoms with E-state index in [0.717, 1.165) is 32.4 Å². The molecule has 0 amide bonds. The van der Waals surface area contributed by atoms with Crippen LogP contribution >= 0.6 is 0 Å². The van der Waals surface area contributed by atoms with Gasteiger partial charge in [0.25, 0.3) is 0 Å². The molecule has 0 atom stereocenters. The van der Waals surface area contributed by atoms with Crippen LogP contribution in [0.3, 0.4) is 0 Å². The third kappa shape index (κ3) is 4.58. The molecule has 0 aliphatic rings. The molecule has 1 aromatic heterocycles. The van der Waals surface area contributed by atoms with Crippen LogP contribution in [0.25, 0.3) is 0 Å². The first-order chi connectivity index (χ1) is 8.65. The number of unbranched alkanes of at least 4 members (excludes halogenated alkanes) is 2. The highest BCUT2D eigenvalue weighted by atomic mass is 16.5. The molecule has 0 aliphatic carbocycles. The molecular weight excluding hydrogens is 234 g/mol. The Morgan fingerprint density at radius 3 is 2.89 bits per heavy atom. The highest BCUT2D eigenvalue weighted by molar-refractivity contribution is 5.89. The van der Waals surface area contributed by atoms with Crippen molar-refractivity contribution < 1.29 is 14.6 Å². The molecule has 0 saturated heterocycles. The Labute approximate surface area is 106 Å². The van der Waals surface area contributed by atoms with E-state index >= 15 is 0 Å². The van der Waals surface area contributed by atoms with Crippen LogP contribution in [0.2, 0.25) is 0 Å². The maximum Gasteiger partial charge on any atom is 0.337 e. The Morgan fingerprint density at radius 2 is 2.28 bits per heavy atom. The van der Waals surface area contributed by atoms with Crippen molar-refractivity contribution in [1.82, 2.24) is 4.98 Å². The van der Waals surface area contributed by atoms with Crippen molar-refractivity contribution >= 4 is 17.5 Å². The van der Waals surface area contributed by atoms with Crippen molar-refractivity contribution in [2.45, 2.75) is 19.3 Å². The predicted molar refractivity (Wildman–Crippen MR) is 69.8 cm³/mol. The Balaban J connectivity index is 2.36. The van der Waals surface area contributed by atoms with E-state index in [4.69, 9.17) is 15.6 Å². The van der Waals surface area contributed by atoms with Crippen molar-refractivity contribution in [2.75, 3.05) is 31.3 Å². The SMILES string of the molecule is COCCCCCNc1ncc(C(=O)O)cc1N. The van der Waals surface area contributed by atoms with Gasteiger partial charge in [-0.1, -0.05) is 0 Å². The molecule has 0 fully saturated rings. The molecule has 0 spiro atoms. The highest BCUT2D eigenvalue weighted by Gasteiger charge is 2.06. The molecule has 0 saturated carbocycles. The minimum Gasteiger partial charge on any atom is -0.478 e. The van der Waals surface area contributed by atoms with Gasteiger partial charge in [-0.25, -0.2) is 9.78 Å². The van der Waals surface area contributed by atoms with Crippen molar-refractivity contribution in [3.8, 4) is 0 Å². The Morgan fingerprint density at radius 1 is 1.50 bits per heavy atom. The van der Waals surface area contributed by atoms with Gasteiger partial charge in [0.15, 0.2) is 0 Å². The highest BCUT2D eigenvalue weighted by Crippen LogP contribution is 2.16. The normalized spacial score (nSPS) is 10.3.